The van der Waals surface area contributed by atoms with E-state index in [4.69, 9.17) is 14.3 Å². The third-order valence-electron chi connectivity index (χ3n) is 6.76. The SMILES string of the molecule is CC1(C)OB(c2ccc3c(c2)n2c4ccccc4nc2n3-c2ccccc2)OC1(C)C. The molecule has 1 fully saturated rings. The summed E-state index contributed by atoms with van der Waals surface area (Å²) in [5.74, 6) is 0.897. The zero-order valence-electron chi connectivity index (χ0n) is 18.2. The third-order valence-corrected chi connectivity index (χ3v) is 6.76. The average molecular weight is 409 g/mol. The first kappa shape index (κ1) is 18.7. The summed E-state index contributed by atoms with van der Waals surface area (Å²) < 4.78 is 17.1. The number of aromatic nitrogens is 3. The van der Waals surface area contributed by atoms with E-state index in [2.05, 4.69) is 97.3 Å². The summed E-state index contributed by atoms with van der Waals surface area (Å²) in [6.07, 6.45) is 0. The summed E-state index contributed by atoms with van der Waals surface area (Å²) in [6, 6.07) is 25.0. The van der Waals surface area contributed by atoms with E-state index in [9.17, 15) is 0 Å². The lowest BCUT2D eigenvalue weighted by molar-refractivity contribution is 0.00578. The fourth-order valence-electron chi connectivity index (χ4n) is 4.37. The Balaban J connectivity index is 1.64. The Labute approximate surface area is 181 Å². The molecule has 0 aliphatic carbocycles. The van der Waals surface area contributed by atoms with Gasteiger partial charge in [-0.05, 0) is 69.6 Å². The van der Waals surface area contributed by atoms with Gasteiger partial charge in [0.05, 0.1) is 33.3 Å². The van der Waals surface area contributed by atoms with Crippen molar-refractivity contribution in [1.82, 2.24) is 14.0 Å². The molecule has 5 aromatic rings. The lowest BCUT2D eigenvalue weighted by atomic mass is 9.79. The highest BCUT2D eigenvalue weighted by molar-refractivity contribution is 6.62. The zero-order chi connectivity index (χ0) is 21.4. The summed E-state index contributed by atoms with van der Waals surface area (Å²) in [7, 11) is -0.403. The van der Waals surface area contributed by atoms with Crippen LogP contribution in [-0.2, 0) is 9.31 Å². The number of hydrogen-bond acceptors (Lipinski definition) is 3. The van der Waals surface area contributed by atoms with Gasteiger partial charge < -0.3 is 9.31 Å². The molecule has 0 unspecified atom stereocenters. The maximum atomic E-state index is 6.32. The lowest BCUT2D eigenvalue weighted by Gasteiger charge is -2.32. The summed E-state index contributed by atoms with van der Waals surface area (Å²) in [4.78, 5) is 4.97. The number of hydrogen-bond donors (Lipinski definition) is 0. The van der Waals surface area contributed by atoms with Crippen molar-refractivity contribution >= 4 is 40.4 Å². The minimum Gasteiger partial charge on any atom is -0.399 e. The molecular weight excluding hydrogens is 385 g/mol. The Morgan fingerprint density at radius 1 is 0.742 bits per heavy atom. The van der Waals surface area contributed by atoms with E-state index >= 15 is 0 Å². The molecule has 0 spiro atoms. The Morgan fingerprint density at radius 3 is 2.16 bits per heavy atom. The molecule has 6 rings (SSSR count). The van der Waals surface area contributed by atoms with Crippen LogP contribution in [0.4, 0.5) is 0 Å². The van der Waals surface area contributed by atoms with Gasteiger partial charge in [0.1, 0.15) is 0 Å². The second-order valence-electron chi connectivity index (χ2n) is 9.24. The van der Waals surface area contributed by atoms with E-state index in [0.717, 1.165) is 39.0 Å². The predicted octanol–water partition coefficient (Wildman–Crippen LogP) is 4.73. The Kier molecular flexibility index (Phi) is 3.74. The van der Waals surface area contributed by atoms with Crippen LogP contribution in [0.2, 0.25) is 0 Å². The van der Waals surface area contributed by atoms with Gasteiger partial charge >= 0.3 is 7.12 Å². The molecule has 0 bridgehead atoms. The second-order valence-corrected chi connectivity index (χ2v) is 9.24. The molecule has 0 N–H and O–H groups in total. The molecule has 31 heavy (non-hydrogen) atoms. The molecule has 3 aromatic carbocycles. The number of para-hydroxylation sites is 3. The van der Waals surface area contributed by atoms with Crippen molar-refractivity contribution in [2.75, 3.05) is 0 Å². The molecule has 0 radical (unpaired) electrons. The zero-order valence-corrected chi connectivity index (χ0v) is 18.2. The number of nitrogens with zero attached hydrogens (tertiary/aromatic N) is 3. The van der Waals surface area contributed by atoms with Crippen LogP contribution in [0, 0.1) is 0 Å². The molecule has 0 atom stereocenters. The normalized spacial score (nSPS) is 17.9. The van der Waals surface area contributed by atoms with Crippen LogP contribution in [0.25, 0.3) is 33.5 Å². The van der Waals surface area contributed by atoms with E-state index in [1.54, 1.807) is 0 Å². The van der Waals surface area contributed by atoms with E-state index in [1.807, 2.05) is 12.1 Å². The van der Waals surface area contributed by atoms with Crippen LogP contribution >= 0.6 is 0 Å². The quantitative estimate of drug-likeness (QED) is 0.396. The van der Waals surface area contributed by atoms with Crippen LogP contribution in [-0.4, -0.2) is 32.3 Å². The second kappa shape index (κ2) is 6.22. The number of benzene rings is 3. The van der Waals surface area contributed by atoms with Crippen molar-refractivity contribution in [3.63, 3.8) is 0 Å². The number of imidazole rings is 2. The molecule has 154 valence electrons. The van der Waals surface area contributed by atoms with E-state index < -0.39 is 7.12 Å². The maximum absolute atomic E-state index is 6.32. The van der Waals surface area contributed by atoms with Gasteiger partial charge in [-0.3, -0.25) is 8.97 Å². The fourth-order valence-corrected chi connectivity index (χ4v) is 4.37. The van der Waals surface area contributed by atoms with E-state index in [0.29, 0.717) is 0 Å². The minimum absolute atomic E-state index is 0.375. The molecule has 3 heterocycles. The average Bonchev–Trinajstić information content (AvgIpc) is 3.34. The Bertz CT molecular complexity index is 1430. The van der Waals surface area contributed by atoms with Crippen molar-refractivity contribution in [2.45, 2.75) is 38.9 Å². The Hall–Kier alpha value is -3.09. The van der Waals surface area contributed by atoms with Crippen LogP contribution in [0.1, 0.15) is 27.7 Å². The van der Waals surface area contributed by atoms with Crippen molar-refractivity contribution in [3.8, 4) is 5.69 Å². The number of rotatable bonds is 2. The number of fused-ring (bicyclic) bond motifs is 5. The van der Waals surface area contributed by atoms with Crippen LogP contribution < -0.4 is 5.46 Å². The van der Waals surface area contributed by atoms with Crippen LogP contribution in [0.15, 0.2) is 72.8 Å². The highest BCUT2D eigenvalue weighted by Gasteiger charge is 2.51. The molecular formula is C25H24BN3O2. The van der Waals surface area contributed by atoms with Crippen molar-refractivity contribution in [2.24, 2.45) is 0 Å². The standard InChI is InChI=1S/C25H24BN3O2/c1-24(2)25(3,4)31-26(30-24)17-14-15-21-22(16-17)29-20-13-9-8-12-19(20)27-23(29)28(21)18-10-6-5-7-11-18/h5-16H,1-4H3. The molecule has 1 aliphatic heterocycles. The molecule has 0 amide bonds. The fraction of sp³-hybridized carbons (Fsp3) is 0.240. The van der Waals surface area contributed by atoms with Crippen molar-refractivity contribution in [3.05, 3.63) is 72.8 Å². The van der Waals surface area contributed by atoms with Gasteiger partial charge in [-0.25, -0.2) is 4.98 Å². The van der Waals surface area contributed by atoms with Gasteiger partial charge in [-0.15, -0.1) is 0 Å². The molecule has 2 aromatic heterocycles. The van der Waals surface area contributed by atoms with Gasteiger partial charge in [-0.2, -0.15) is 0 Å². The predicted molar refractivity (Wildman–Crippen MR) is 125 cm³/mol. The van der Waals surface area contributed by atoms with Gasteiger partial charge in [0.15, 0.2) is 0 Å². The van der Waals surface area contributed by atoms with Gasteiger partial charge in [0.25, 0.3) is 0 Å². The van der Waals surface area contributed by atoms with Crippen LogP contribution in [0.5, 0.6) is 0 Å². The maximum Gasteiger partial charge on any atom is 0.494 e. The Morgan fingerprint density at radius 2 is 1.42 bits per heavy atom. The summed E-state index contributed by atoms with van der Waals surface area (Å²) >= 11 is 0. The third kappa shape index (κ3) is 2.62. The van der Waals surface area contributed by atoms with Crippen molar-refractivity contribution in [1.29, 1.82) is 0 Å². The van der Waals surface area contributed by atoms with Gasteiger partial charge in [0.2, 0.25) is 5.78 Å². The van der Waals surface area contributed by atoms with E-state index in [-0.39, 0.29) is 11.2 Å². The minimum atomic E-state index is -0.403. The van der Waals surface area contributed by atoms with E-state index in [1.165, 1.54) is 0 Å². The molecule has 5 nitrogen and oxygen atoms in total. The first-order chi connectivity index (χ1) is 14.9. The summed E-state index contributed by atoms with van der Waals surface area (Å²) in [5.41, 5.74) is 5.59. The van der Waals surface area contributed by atoms with Crippen molar-refractivity contribution < 1.29 is 9.31 Å². The first-order valence-corrected chi connectivity index (χ1v) is 10.7. The highest BCUT2D eigenvalue weighted by atomic mass is 16.7. The smallest absolute Gasteiger partial charge is 0.399 e. The van der Waals surface area contributed by atoms with Crippen LogP contribution in [0.3, 0.4) is 0 Å². The largest absolute Gasteiger partial charge is 0.494 e. The monoisotopic (exact) mass is 409 g/mol. The molecule has 0 saturated carbocycles. The summed E-state index contributed by atoms with van der Waals surface area (Å²) in [6.45, 7) is 8.33. The van der Waals surface area contributed by atoms with Gasteiger partial charge in [0, 0.05) is 5.69 Å². The van der Waals surface area contributed by atoms with Gasteiger partial charge in [-0.1, -0.05) is 36.4 Å². The topological polar surface area (TPSA) is 40.7 Å². The molecule has 1 aliphatic rings. The lowest BCUT2D eigenvalue weighted by Crippen LogP contribution is -2.41. The summed E-state index contributed by atoms with van der Waals surface area (Å²) in [5, 5.41) is 0. The molecule has 6 heteroatoms. The highest BCUT2D eigenvalue weighted by Crippen LogP contribution is 2.37. The molecule has 1 saturated heterocycles. The first-order valence-electron chi connectivity index (χ1n) is 10.7.